The molecule has 4 nitrogen and oxygen atoms in total. The van der Waals surface area contributed by atoms with Crippen molar-refractivity contribution in [3.05, 3.63) is 41.2 Å². The standard InChI is InChI=1S/C21H27NO3/c1-3-7-17(23)18-19(15-8-5-4-6-9-15)22(21(25)20(18)24)16-12-10-14(2)11-13-16/h10-13,15,19,24H,3-9H2,1-2H3. The molecule has 0 spiro atoms. The van der Waals surface area contributed by atoms with Gasteiger partial charge in [-0.25, -0.2) is 0 Å². The zero-order valence-corrected chi connectivity index (χ0v) is 15.1. The van der Waals surface area contributed by atoms with E-state index >= 15 is 0 Å². The summed E-state index contributed by atoms with van der Waals surface area (Å²) >= 11 is 0. The Kier molecular flexibility index (Phi) is 5.26. The zero-order valence-electron chi connectivity index (χ0n) is 15.1. The number of benzene rings is 1. The monoisotopic (exact) mass is 341 g/mol. The molecule has 1 aliphatic heterocycles. The Hall–Kier alpha value is -2.10. The average Bonchev–Trinajstić information content (AvgIpc) is 2.88. The van der Waals surface area contributed by atoms with Gasteiger partial charge in [-0.1, -0.05) is 43.9 Å². The van der Waals surface area contributed by atoms with Crippen molar-refractivity contribution < 1.29 is 14.7 Å². The number of aryl methyl sites for hydroxylation is 1. The second kappa shape index (κ2) is 7.42. The molecule has 1 aromatic carbocycles. The fraction of sp³-hybridized carbons (Fsp3) is 0.524. The summed E-state index contributed by atoms with van der Waals surface area (Å²) in [6.45, 7) is 3.94. The van der Waals surface area contributed by atoms with Crippen LogP contribution in [0, 0.1) is 12.8 Å². The van der Waals surface area contributed by atoms with Crippen LogP contribution in [-0.4, -0.2) is 22.8 Å². The van der Waals surface area contributed by atoms with Gasteiger partial charge < -0.3 is 5.11 Å². The van der Waals surface area contributed by atoms with Crippen LogP contribution >= 0.6 is 0 Å². The lowest BCUT2D eigenvalue weighted by atomic mass is 9.79. The van der Waals surface area contributed by atoms with Crippen LogP contribution in [-0.2, 0) is 9.59 Å². The number of hydrogen-bond acceptors (Lipinski definition) is 3. The van der Waals surface area contributed by atoms with Crippen LogP contribution in [0.15, 0.2) is 35.6 Å². The minimum absolute atomic E-state index is 0.0847. The van der Waals surface area contributed by atoms with E-state index in [1.54, 1.807) is 4.90 Å². The summed E-state index contributed by atoms with van der Waals surface area (Å²) in [6.07, 6.45) is 6.52. The van der Waals surface area contributed by atoms with Gasteiger partial charge in [0.15, 0.2) is 11.5 Å². The van der Waals surface area contributed by atoms with Crippen molar-refractivity contribution >= 4 is 17.4 Å². The summed E-state index contributed by atoms with van der Waals surface area (Å²) in [5.41, 5.74) is 2.22. The molecule has 0 saturated heterocycles. The fourth-order valence-electron chi connectivity index (χ4n) is 4.16. The first-order chi connectivity index (χ1) is 12.0. The lowest BCUT2D eigenvalue weighted by Gasteiger charge is -2.35. The van der Waals surface area contributed by atoms with Crippen LogP contribution in [0.3, 0.4) is 0 Å². The highest BCUT2D eigenvalue weighted by Gasteiger charge is 2.46. The highest BCUT2D eigenvalue weighted by molar-refractivity contribution is 6.16. The topological polar surface area (TPSA) is 57.6 Å². The predicted molar refractivity (Wildman–Crippen MR) is 98.6 cm³/mol. The molecular formula is C21H27NO3. The lowest BCUT2D eigenvalue weighted by Crippen LogP contribution is -2.42. The van der Waals surface area contributed by atoms with Crippen LogP contribution in [0.25, 0.3) is 0 Å². The highest BCUT2D eigenvalue weighted by atomic mass is 16.3. The number of hydrogen-bond donors (Lipinski definition) is 1. The van der Waals surface area contributed by atoms with E-state index in [0.29, 0.717) is 18.4 Å². The first kappa shape index (κ1) is 17.7. The molecule has 0 bridgehead atoms. The van der Waals surface area contributed by atoms with Gasteiger partial charge in [0.2, 0.25) is 0 Å². The number of nitrogens with zero attached hydrogens (tertiary/aromatic N) is 1. The Bertz CT molecular complexity index is 684. The van der Waals surface area contributed by atoms with E-state index < -0.39 is 5.91 Å². The Morgan fingerprint density at radius 3 is 2.40 bits per heavy atom. The predicted octanol–water partition coefficient (Wildman–Crippen LogP) is 4.47. The number of Topliss-reactive ketones (excluding diaryl/α,β-unsaturated/α-hetero) is 1. The molecular weight excluding hydrogens is 314 g/mol. The molecule has 1 amide bonds. The lowest BCUT2D eigenvalue weighted by molar-refractivity contribution is -0.118. The Balaban J connectivity index is 2.02. The van der Waals surface area contributed by atoms with E-state index in [9.17, 15) is 14.7 Å². The first-order valence-corrected chi connectivity index (χ1v) is 9.41. The molecule has 1 unspecified atom stereocenters. The molecule has 3 rings (SSSR count). The van der Waals surface area contributed by atoms with E-state index in [0.717, 1.165) is 36.9 Å². The summed E-state index contributed by atoms with van der Waals surface area (Å²) in [7, 11) is 0. The molecule has 1 atom stereocenters. The van der Waals surface area contributed by atoms with Crippen molar-refractivity contribution in [1.29, 1.82) is 0 Å². The van der Waals surface area contributed by atoms with Crippen LogP contribution < -0.4 is 4.90 Å². The summed E-state index contributed by atoms with van der Waals surface area (Å²) in [6, 6.07) is 7.41. The third-order valence-corrected chi connectivity index (χ3v) is 5.44. The molecule has 4 heteroatoms. The van der Waals surface area contributed by atoms with Crippen LogP contribution in [0.5, 0.6) is 0 Å². The van der Waals surface area contributed by atoms with Gasteiger partial charge in [0.25, 0.3) is 5.91 Å². The van der Waals surface area contributed by atoms with Gasteiger partial charge in [-0.2, -0.15) is 0 Å². The molecule has 2 aliphatic rings. The second-order valence-corrected chi connectivity index (χ2v) is 7.29. The Labute approximate surface area is 149 Å². The molecule has 1 aliphatic carbocycles. The van der Waals surface area contributed by atoms with Crippen LogP contribution in [0.4, 0.5) is 5.69 Å². The number of aliphatic hydroxyl groups excluding tert-OH is 1. The molecule has 1 heterocycles. The van der Waals surface area contributed by atoms with Crippen LogP contribution in [0.2, 0.25) is 0 Å². The molecule has 1 saturated carbocycles. The van der Waals surface area contributed by atoms with Crippen molar-refractivity contribution in [3.8, 4) is 0 Å². The number of carbonyl (C=O) groups is 2. The second-order valence-electron chi connectivity index (χ2n) is 7.29. The maximum Gasteiger partial charge on any atom is 0.294 e. The zero-order chi connectivity index (χ0) is 18.0. The van der Waals surface area contributed by atoms with Gasteiger partial charge in [0.1, 0.15) is 0 Å². The number of rotatable bonds is 5. The number of carbonyl (C=O) groups excluding carboxylic acids is 2. The molecule has 1 N–H and O–H groups in total. The smallest absolute Gasteiger partial charge is 0.294 e. The largest absolute Gasteiger partial charge is 0.503 e. The maximum atomic E-state index is 12.8. The van der Waals surface area contributed by atoms with E-state index in [1.165, 1.54) is 6.42 Å². The minimum atomic E-state index is -0.432. The summed E-state index contributed by atoms with van der Waals surface area (Å²) < 4.78 is 0. The molecule has 1 aromatic rings. The number of anilines is 1. The normalized spacial score (nSPS) is 21.9. The minimum Gasteiger partial charge on any atom is -0.503 e. The van der Waals surface area contributed by atoms with E-state index in [4.69, 9.17) is 0 Å². The third-order valence-electron chi connectivity index (χ3n) is 5.44. The van der Waals surface area contributed by atoms with Crippen molar-refractivity contribution in [2.75, 3.05) is 4.90 Å². The average molecular weight is 341 g/mol. The summed E-state index contributed by atoms with van der Waals surface area (Å²) in [5, 5.41) is 10.5. The number of amides is 1. The van der Waals surface area contributed by atoms with E-state index in [-0.39, 0.29) is 23.5 Å². The van der Waals surface area contributed by atoms with Gasteiger partial charge in [-0.15, -0.1) is 0 Å². The van der Waals surface area contributed by atoms with Crippen molar-refractivity contribution in [2.24, 2.45) is 5.92 Å². The molecule has 134 valence electrons. The summed E-state index contributed by atoms with van der Waals surface area (Å²) in [4.78, 5) is 27.2. The van der Waals surface area contributed by atoms with E-state index in [2.05, 4.69) is 0 Å². The van der Waals surface area contributed by atoms with Crippen molar-refractivity contribution in [3.63, 3.8) is 0 Å². The first-order valence-electron chi connectivity index (χ1n) is 9.41. The maximum absolute atomic E-state index is 12.8. The third kappa shape index (κ3) is 3.35. The highest BCUT2D eigenvalue weighted by Crippen LogP contribution is 2.40. The molecule has 0 aromatic heterocycles. The van der Waals surface area contributed by atoms with Gasteiger partial charge >= 0.3 is 0 Å². The Morgan fingerprint density at radius 1 is 1.16 bits per heavy atom. The SMILES string of the molecule is CCCC(=O)C1=C(O)C(=O)N(c2ccc(C)cc2)C1C1CCCCC1. The fourth-order valence-corrected chi connectivity index (χ4v) is 4.16. The molecule has 0 radical (unpaired) electrons. The Morgan fingerprint density at radius 2 is 1.80 bits per heavy atom. The van der Waals surface area contributed by atoms with Crippen molar-refractivity contribution in [1.82, 2.24) is 0 Å². The van der Waals surface area contributed by atoms with Crippen molar-refractivity contribution in [2.45, 2.75) is 64.8 Å². The van der Waals surface area contributed by atoms with Gasteiger partial charge in [0.05, 0.1) is 11.6 Å². The quantitative estimate of drug-likeness (QED) is 0.859. The van der Waals surface area contributed by atoms with Gasteiger partial charge in [0, 0.05) is 12.1 Å². The molecule has 25 heavy (non-hydrogen) atoms. The summed E-state index contributed by atoms with van der Waals surface area (Å²) in [5.74, 6) is -0.619. The van der Waals surface area contributed by atoms with E-state index in [1.807, 2.05) is 38.1 Å². The van der Waals surface area contributed by atoms with Crippen LogP contribution in [0.1, 0.15) is 57.4 Å². The molecule has 1 fully saturated rings. The number of ketones is 1. The van der Waals surface area contributed by atoms with Gasteiger partial charge in [-0.3, -0.25) is 14.5 Å². The number of aliphatic hydroxyl groups is 1. The van der Waals surface area contributed by atoms with Gasteiger partial charge in [-0.05, 0) is 44.2 Å².